The van der Waals surface area contributed by atoms with Gasteiger partial charge in [-0.25, -0.2) is 4.79 Å². The van der Waals surface area contributed by atoms with Crippen LogP contribution in [0, 0.1) is 0 Å². The molecule has 1 amide bonds. The van der Waals surface area contributed by atoms with Crippen LogP contribution in [0.15, 0.2) is 48.8 Å². The fraction of sp³-hybridized carbons (Fsp3) is 0.278. The lowest BCUT2D eigenvalue weighted by atomic mass is 10.0. The molecule has 1 fully saturated rings. The number of ether oxygens (including phenoxy) is 2. The van der Waals surface area contributed by atoms with Crippen molar-refractivity contribution in [1.82, 2.24) is 10.3 Å². The van der Waals surface area contributed by atoms with Crippen molar-refractivity contribution in [2.75, 3.05) is 0 Å². The van der Waals surface area contributed by atoms with E-state index in [0.29, 0.717) is 23.5 Å². The highest BCUT2D eigenvalue weighted by Crippen LogP contribution is 2.26. The molecule has 1 aliphatic heterocycles. The Morgan fingerprint density at radius 3 is 2.58 bits per heavy atom. The van der Waals surface area contributed by atoms with Gasteiger partial charge in [-0.3, -0.25) is 9.78 Å². The number of nitrogens with one attached hydrogen (secondary N) is 1. The molecule has 0 radical (unpaired) electrons. The third-order valence-electron chi connectivity index (χ3n) is 3.65. The lowest BCUT2D eigenvalue weighted by molar-refractivity contribution is -0.147. The van der Waals surface area contributed by atoms with Gasteiger partial charge in [0, 0.05) is 18.2 Å². The molecule has 3 rings (SSSR count). The summed E-state index contributed by atoms with van der Waals surface area (Å²) in [4.78, 5) is 28.0. The summed E-state index contributed by atoms with van der Waals surface area (Å²) >= 11 is 0. The average molecular weight is 326 g/mol. The predicted molar refractivity (Wildman–Crippen MR) is 86.8 cm³/mol. The number of amides is 1. The van der Waals surface area contributed by atoms with Gasteiger partial charge in [0.25, 0.3) is 5.91 Å². The molecule has 0 spiro atoms. The summed E-state index contributed by atoms with van der Waals surface area (Å²) < 4.78 is 10.8. The highest BCUT2D eigenvalue weighted by atomic mass is 16.6. The number of nitrogens with zero attached hydrogens (tertiary/aromatic N) is 1. The third-order valence-corrected chi connectivity index (χ3v) is 3.65. The zero-order chi connectivity index (χ0) is 17.2. The van der Waals surface area contributed by atoms with Crippen molar-refractivity contribution in [3.8, 4) is 11.5 Å². The van der Waals surface area contributed by atoms with E-state index in [1.165, 1.54) is 0 Å². The minimum Gasteiger partial charge on any atom is -0.458 e. The van der Waals surface area contributed by atoms with Crippen molar-refractivity contribution in [1.29, 1.82) is 0 Å². The average Bonchev–Trinajstić information content (AvgIpc) is 2.81. The van der Waals surface area contributed by atoms with E-state index in [1.807, 2.05) is 13.8 Å². The van der Waals surface area contributed by atoms with Crippen molar-refractivity contribution >= 4 is 11.9 Å². The Bertz CT molecular complexity index is 741. The van der Waals surface area contributed by atoms with Gasteiger partial charge in [0.05, 0.1) is 6.20 Å². The van der Waals surface area contributed by atoms with E-state index < -0.39 is 17.6 Å². The normalized spacial score (nSPS) is 18.8. The van der Waals surface area contributed by atoms with Gasteiger partial charge in [-0.05, 0) is 50.2 Å². The fourth-order valence-electron chi connectivity index (χ4n) is 2.53. The number of benzene rings is 1. The van der Waals surface area contributed by atoms with Crippen LogP contribution in [0.2, 0.25) is 0 Å². The van der Waals surface area contributed by atoms with E-state index in [1.54, 1.807) is 48.8 Å². The van der Waals surface area contributed by atoms with Gasteiger partial charge in [-0.2, -0.15) is 0 Å². The molecule has 1 atom stereocenters. The minimum atomic E-state index is -0.612. The van der Waals surface area contributed by atoms with Gasteiger partial charge in [0.1, 0.15) is 23.1 Å². The molecule has 1 saturated heterocycles. The lowest BCUT2D eigenvalue weighted by Gasteiger charge is -2.14. The number of rotatable bonds is 4. The molecular formula is C18H18N2O4. The number of carbonyl (C=O) groups is 2. The Morgan fingerprint density at radius 2 is 2.00 bits per heavy atom. The van der Waals surface area contributed by atoms with E-state index in [9.17, 15) is 9.59 Å². The van der Waals surface area contributed by atoms with Crippen LogP contribution in [0.3, 0.4) is 0 Å². The predicted octanol–water partition coefficient (Wildman–Crippen LogP) is 2.70. The Hall–Kier alpha value is -2.89. The fourth-order valence-corrected chi connectivity index (χ4v) is 2.53. The summed E-state index contributed by atoms with van der Waals surface area (Å²) in [6, 6.07) is 9.63. The zero-order valence-corrected chi connectivity index (χ0v) is 13.5. The maximum absolute atomic E-state index is 12.3. The Kier molecular flexibility index (Phi) is 4.20. The van der Waals surface area contributed by atoms with E-state index in [2.05, 4.69) is 10.3 Å². The number of esters is 1. The quantitative estimate of drug-likeness (QED) is 0.874. The van der Waals surface area contributed by atoms with Gasteiger partial charge in [0.15, 0.2) is 0 Å². The van der Waals surface area contributed by atoms with Crippen molar-refractivity contribution in [2.45, 2.75) is 31.9 Å². The Balaban J connectivity index is 1.63. The van der Waals surface area contributed by atoms with Gasteiger partial charge in [-0.15, -0.1) is 0 Å². The second-order valence-electron chi connectivity index (χ2n) is 6.23. The molecule has 1 aromatic carbocycles. The minimum absolute atomic E-state index is 0.317. The molecule has 0 saturated carbocycles. The Morgan fingerprint density at radius 1 is 1.25 bits per heavy atom. The third kappa shape index (κ3) is 3.71. The van der Waals surface area contributed by atoms with Crippen LogP contribution in [0.1, 0.15) is 30.6 Å². The largest absolute Gasteiger partial charge is 0.458 e. The summed E-state index contributed by atoms with van der Waals surface area (Å²) in [6.07, 6.45) is 3.73. The lowest BCUT2D eigenvalue weighted by Crippen LogP contribution is -2.38. The van der Waals surface area contributed by atoms with Crippen molar-refractivity contribution in [3.63, 3.8) is 0 Å². The first-order valence-electron chi connectivity index (χ1n) is 7.65. The molecule has 2 heterocycles. The molecule has 0 bridgehead atoms. The van der Waals surface area contributed by atoms with Crippen LogP contribution in [-0.4, -0.2) is 28.5 Å². The Labute approximate surface area is 139 Å². The van der Waals surface area contributed by atoms with Crippen LogP contribution in [0.4, 0.5) is 0 Å². The zero-order valence-electron chi connectivity index (χ0n) is 13.5. The number of hydrogen-bond acceptors (Lipinski definition) is 5. The first kappa shape index (κ1) is 16.0. The van der Waals surface area contributed by atoms with E-state index >= 15 is 0 Å². The topological polar surface area (TPSA) is 77.5 Å². The molecule has 24 heavy (non-hydrogen) atoms. The second kappa shape index (κ2) is 6.31. The van der Waals surface area contributed by atoms with Crippen LogP contribution in [0.5, 0.6) is 11.5 Å². The van der Waals surface area contributed by atoms with E-state index in [0.717, 1.165) is 0 Å². The first-order valence-corrected chi connectivity index (χ1v) is 7.65. The molecule has 124 valence electrons. The van der Waals surface area contributed by atoms with Gasteiger partial charge < -0.3 is 14.8 Å². The van der Waals surface area contributed by atoms with E-state index in [4.69, 9.17) is 9.47 Å². The van der Waals surface area contributed by atoms with Gasteiger partial charge >= 0.3 is 5.97 Å². The number of carbonyl (C=O) groups excluding carboxylic acids is 2. The first-order chi connectivity index (χ1) is 11.4. The number of hydrogen-bond donors (Lipinski definition) is 1. The number of pyridine rings is 1. The van der Waals surface area contributed by atoms with E-state index in [-0.39, 0.29) is 5.91 Å². The van der Waals surface area contributed by atoms with Crippen LogP contribution in [-0.2, 0) is 9.53 Å². The molecule has 0 aliphatic carbocycles. The van der Waals surface area contributed by atoms with Gasteiger partial charge in [-0.1, -0.05) is 0 Å². The highest BCUT2D eigenvalue weighted by molar-refractivity contribution is 5.97. The molecule has 6 heteroatoms. The summed E-state index contributed by atoms with van der Waals surface area (Å²) in [6.45, 7) is 3.64. The summed E-state index contributed by atoms with van der Waals surface area (Å²) in [5.74, 6) is 0.499. The molecule has 1 N–H and O–H groups in total. The van der Waals surface area contributed by atoms with Crippen molar-refractivity contribution in [2.24, 2.45) is 0 Å². The number of aromatic nitrogens is 1. The van der Waals surface area contributed by atoms with Crippen LogP contribution in [0.25, 0.3) is 0 Å². The smallest absolute Gasteiger partial charge is 0.329 e. The monoisotopic (exact) mass is 326 g/mol. The van der Waals surface area contributed by atoms with Crippen LogP contribution >= 0.6 is 0 Å². The summed E-state index contributed by atoms with van der Waals surface area (Å²) in [5, 5.41) is 2.71. The molecule has 1 unspecified atom stereocenters. The molecule has 1 aromatic heterocycles. The molecule has 2 aromatic rings. The van der Waals surface area contributed by atoms with Crippen molar-refractivity contribution < 1.29 is 19.1 Å². The maximum Gasteiger partial charge on any atom is 0.329 e. The molecular weight excluding hydrogens is 308 g/mol. The maximum atomic E-state index is 12.3. The number of cyclic esters (lactones) is 1. The standard InChI is InChI=1S/C18H18N2O4/c1-18(2)10-15(17(22)24-18)20-16(21)12-5-7-13(8-6-12)23-14-4-3-9-19-11-14/h3-9,11,15H,10H2,1-2H3,(H,20,21). The SMILES string of the molecule is CC1(C)CC(NC(=O)c2ccc(Oc3cccnc3)cc2)C(=O)O1. The van der Waals surface area contributed by atoms with Crippen molar-refractivity contribution in [3.05, 3.63) is 54.4 Å². The van der Waals surface area contributed by atoms with Crippen LogP contribution < -0.4 is 10.1 Å². The summed E-state index contributed by atoms with van der Waals surface area (Å²) in [7, 11) is 0. The molecule has 6 nitrogen and oxygen atoms in total. The highest BCUT2D eigenvalue weighted by Gasteiger charge is 2.40. The van der Waals surface area contributed by atoms with Gasteiger partial charge in [0.2, 0.25) is 0 Å². The second-order valence-corrected chi connectivity index (χ2v) is 6.23. The summed E-state index contributed by atoms with van der Waals surface area (Å²) in [5.41, 5.74) is -0.0952. The molecule has 1 aliphatic rings.